The highest BCUT2D eigenvalue weighted by Gasteiger charge is 2.42. The third kappa shape index (κ3) is 2.87. The van der Waals surface area contributed by atoms with E-state index >= 15 is 0 Å². The largest absolute Gasteiger partial charge is 0.355 e. The van der Waals surface area contributed by atoms with Gasteiger partial charge in [-0.05, 0) is 31.1 Å². The third-order valence-corrected chi connectivity index (χ3v) is 5.89. The highest BCUT2D eigenvalue weighted by molar-refractivity contribution is 7.99. The van der Waals surface area contributed by atoms with Crippen LogP contribution in [0.25, 0.3) is 0 Å². The van der Waals surface area contributed by atoms with Crippen molar-refractivity contribution in [2.24, 2.45) is 24.8 Å². The Hall–Kier alpha value is -0.970. The van der Waals surface area contributed by atoms with Gasteiger partial charge in [-0.1, -0.05) is 24.6 Å². The maximum absolute atomic E-state index is 12.3. The Labute approximate surface area is 124 Å². The van der Waals surface area contributed by atoms with Gasteiger partial charge >= 0.3 is 0 Å². The number of carbonyl (C=O) groups excluding carboxylic acids is 1. The van der Waals surface area contributed by atoms with E-state index in [1.807, 2.05) is 17.8 Å². The molecule has 2 saturated carbocycles. The topological polar surface area (TPSA) is 46.9 Å². The second-order valence-electron chi connectivity index (χ2n) is 6.00. The van der Waals surface area contributed by atoms with Crippen LogP contribution in [-0.4, -0.2) is 27.8 Å². The van der Waals surface area contributed by atoms with Crippen molar-refractivity contribution in [1.29, 1.82) is 0 Å². The lowest BCUT2D eigenvalue weighted by molar-refractivity contribution is -0.126. The van der Waals surface area contributed by atoms with Gasteiger partial charge in [-0.15, -0.1) is 0 Å². The summed E-state index contributed by atoms with van der Waals surface area (Å²) in [6.45, 7) is 0.740. The van der Waals surface area contributed by atoms with E-state index in [1.54, 1.807) is 18.0 Å². The summed E-state index contributed by atoms with van der Waals surface area (Å²) in [6, 6.07) is 0. The number of aryl methyl sites for hydroxylation is 1. The van der Waals surface area contributed by atoms with Gasteiger partial charge in [0.1, 0.15) is 0 Å². The molecule has 5 heteroatoms. The van der Waals surface area contributed by atoms with Gasteiger partial charge in [0.05, 0.1) is 0 Å². The van der Waals surface area contributed by atoms with Crippen LogP contribution in [0, 0.1) is 17.8 Å². The molecular formula is C15H23N3OS. The quantitative estimate of drug-likeness (QED) is 0.670. The Bertz CT molecular complexity index is 473. The molecule has 0 spiro atoms. The van der Waals surface area contributed by atoms with Gasteiger partial charge in [-0.25, -0.2) is 4.98 Å². The highest BCUT2D eigenvalue weighted by atomic mass is 32.2. The fourth-order valence-corrected chi connectivity index (χ4v) is 4.61. The summed E-state index contributed by atoms with van der Waals surface area (Å²) in [4.78, 5) is 16.5. The van der Waals surface area contributed by atoms with Crippen molar-refractivity contribution in [3.63, 3.8) is 0 Å². The fraction of sp³-hybridized carbons (Fsp3) is 0.733. The Balaban J connectivity index is 1.40. The molecule has 1 aromatic heterocycles. The molecule has 0 saturated heterocycles. The molecule has 1 aromatic rings. The first-order valence-electron chi connectivity index (χ1n) is 7.63. The Morgan fingerprint density at radius 2 is 2.35 bits per heavy atom. The van der Waals surface area contributed by atoms with Crippen molar-refractivity contribution in [2.75, 3.05) is 12.3 Å². The number of amides is 1. The van der Waals surface area contributed by atoms with Crippen molar-refractivity contribution in [1.82, 2.24) is 14.9 Å². The Kier molecular flexibility index (Phi) is 4.34. The molecule has 0 bridgehead atoms. The fourth-order valence-electron chi connectivity index (χ4n) is 3.83. The predicted octanol–water partition coefficient (Wildman–Crippen LogP) is 2.45. The van der Waals surface area contributed by atoms with Gasteiger partial charge in [-0.3, -0.25) is 4.79 Å². The maximum Gasteiger partial charge on any atom is 0.223 e. The first-order valence-corrected chi connectivity index (χ1v) is 8.62. The summed E-state index contributed by atoms with van der Waals surface area (Å²) < 4.78 is 2.01. The third-order valence-electron chi connectivity index (χ3n) is 4.83. The number of imidazole rings is 1. The first kappa shape index (κ1) is 14.0. The summed E-state index contributed by atoms with van der Waals surface area (Å²) in [5.74, 6) is 2.99. The van der Waals surface area contributed by atoms with E-state index < -0.39 is 0 Å². The molecule has 3 rings (SSSR count). The second kappa shape index (κ2) is 6.20. The SMILES string of the molecule is Cn1ccnc1SCCNC(=O)[C@H]1CC[C@@H]2CCC[C@@H]21. The summed E-state index contributed by atoms with van der Waals surface area (Å²) in [6.07, 6.45) is 10.1. The van der Waals surface area contributed by atoms with Crippen LogP contribution in [0.3, 0.4) is 0 Å². The van der Waals surface area contributed by atoms with E-state index in [9.17, 15) is 4.79 Å². The van der Waals surface area contributed by atoms with E-state index in [2.05, 4.69) is 10.3 Å². The average Bonchev–Trinajstić information content (AvgIpc) is 3.10. The number of nitrogens with zero attached hydrogens (tertiary/aromatic N) is 2. The molecule has 0 radical (unpaired) electrons. The van der Waals surface area contributed by atoms with Crippen LogP contribution in [-0.2, 0) is 11.8 Å². The number of hydrogen-bond acceptors (Lipinski definition) is 3. The molecule has 1 heterocycles. The number of fused-ring (bicyclic) bond motifs is 1. The van der Waals surface area contributed by atoms with Crippen LogP contribution < -0.4 is 5.32 Å². The lowest BCUT2D eigenvalue weighted by Crippen LogP contribution is -2.34. The van der Waals surface area contributed by atoms with Crippen molar-refractivity contribution in [3.05, 3.63) is 12.4 Å². The molecule has 2 aliphatic carbocycles. The van der Waals surface area contributed by atoms with Gasteiger partial charge in [0.2, 0.25) is 5.91 Å². The molecular weight excluding hydrogens is 270 g/mol. The molecule has 3 atom stereocenters. The van der Waals surface area contributed by atoms with Crippen LogP contribution in [0.5, 0.6) is 0 Å². The Morgan fingerprint density at radius 1 is 1.45 bits per heavy atom. The minimum atomic E-state index is 0.292. The molecule has 2 fully saturated rings. The van der Waals surface area contributed by atoms with Crippen LogP contribution in [0.1, 0.15) is 32.1 Å². The molecule has 0 aliphatic heterocycles. The molecule has 0 unspecified atom stereocenters. The maximum atomic E-state index is 12.3. The summed E-state index contributed by atoms with van der Waals surface area (Å²) in [7, 11) is 1.99. The average molecular weight is 293 g/mol. The van der Waals surface area contributed by atoms with E-state index in [4.69, 9.17) is 0 Å². The van der Waals surface area contributed by atoms with Gasteiger partial charge in [0.15, 0.2) is 5.16 Å². The molecule has 4 nitrogen and oxygen atoms in total. The van der Waals surface area contributed by atoms with Crippen LogP contribution in [0.2, 0.25) is 0 Å². The van der Waals surface area contributed by atoms with Gasteiger partial charge in [0, 0.05) is 37.7 Å². The summed E-state index contributed by atoms with van der Waals surface area (Å²) in [5, 5.41) is 4.13. The summed E-state index contributed by atoms with van der Waals surface area (Å²) >= 11 is 1.69. The normalized spacial score (nSPS) is 28.6. The Morgan fingerprint density at radius 3 is 3.15 bits per heavy atom. The molecule has 2 aliphatic rings. The molecule has 0 aromatic carbocycles. The molecule has 1 amide bonds. The van der Waals surface area contributed by atoms with Gasteiger partial charge < -0.3 is 9.88 Å². The van der Waals surface area contributed by atoms with Crippen LogP contribution >= 0.6 is 11.8 Å². The van der Waals surface area contributed by atoms with Crippen molar-refractivity contribution >= 4 is 17.7 Å². The molecule has 110 valence electrons. The zero-order valence-electron chi connectivity index (χ0n) is 12.0. The second-order valence-corrected chi connectivity index (χ2v) is 7.06. The zero-order valence-corrected chi connectivity index (χ0v) is 12.9. The van der Waals surface area contributed by atoms with Crippen molar-refractivity contribution < 1.29 is 4.79 Å². The summed E-state index contributed by atoms with van der Waals surface area (Å²) in [5.41, 5.74) is 0. The number of carbonyl (C=O) groups is 1. The first-order chi connectivity index (χ1) is 9.75. The standard InChI is InChI=1S/C15H23N3OS/c1-18-9-7-17-15(18)20-10-8-16-14(19)13-6-5-11-3-2-4-12(11)13/h7,9,11-13H,2-6,8,10H2,1H3,(H,16,19)/t11-,12-,13-/m0/s1. The molecule has 20 heavy (non-hydrogen) atoms. The minimum Gasteiger partial charge on any atom is -0.355 e. The highest BCUT2D eigenvalue weighted by Crippen LogP contribution is 2.47. The number of hydrogen-bond donors (Lipinski definition) is 1. The van der Waals surface area contributed by atoms with E-state index in [0.717, 1.165) is 29.8 Å². The van der Waals surface area contributed by atoms with E-state index in [0.29, 0.717) is 17.7 Å². The number of thioether (sulfide) groups is 1. The number of nitrogens with one attached hydrogen (secondary N) is 1. The lowest BCUT2D eigenvalue weighted by Gasteiger charge is -2.17. The number of rotatable bonds is 5. The van der Waals surface area contributed by atoms with Crippen molar-refractivity contribution in [2.45, 2.75) is 37.3 Å². The zero-order chi connectivity index (χ0) is 13.9. The monoisotopic (exact) mass is 293 g/mol. The molecule has 1 N–H and O–H groups in total. The van der Waals surface area contributed by atoms with Gasteiger partial charge in [-0.2, -0.15) is 0 Å². The number of aromatic nitrogens is 2. The lowest BCUT2D eigenvalue weighted by atomic mass is 9.91. The van der Waals surface area contributed by atoms with E-state index in [-0.39, 0.29) is 0 Å². The van der Waals surface area contributed by atoms with Crippen molar-refractivity contribution in [3.8, 4) is 0 Å². The van der Waals surface area contributed by atoms with E-state index in [1.165, 1.54) is 25.7 Å². The van der Waals surface area contributed by atoms with Crippen LogP contribution in [0.15, 0.2) is 17.6 Å². The smallest absolute Gasteiger partial charge is 0.223 e. The van der Waals surface area contributed by atoms with Gasteiger partial charge in [0.25, 0.3) is 0 Å². The minimum absolute atomic E-state index is 0.292. The van der Waals surface area contributed by atoms with Crippen LogP contribution in [0.4, 0.5) is 0 Å². The predicted molar refractivity (Wildman–Crippen MR) is 80.5 cm³/mol.